The van der Waals surface area contributed by atoms with Crippen LogP contribution < -0.4 is 10.5 Å². The third-order valence-electron chi connectivity index (χ3n) is 5.06. The van der Waals surface area contributed by atoms with Crippen molar-refractivity contribution in [3.05, 3.63) is 69.3 Å². The molecule has 4 rings (SSSR count). The fourth-order valence-electron chi connectivity index (χ4n) is 3.66. The van der Waals surface area contributed by atoms with Crippen molar-refractivity contribution in [3.8, 4) is 10.6 Å². The molecule has 1 aliphatic heterocycles. The summed E-state index contributed by atoms with van der Waals surface area (Å²) in [6.07, 6.45) is 3.02. The lowest BCUT2D eigenvalue weighted by atomic mass is 9.99. The van der Waals surface area contributed by atoms with Crippen LogP contribution in [0.5, 0.6) is 0 Å². The van der Waals surface area contributed by atoms with Crippen molar-refractivity contribution in [2.45, 2.75) is 39.2 Å². The van der Waals surface area contributed by atoms with E-state index in [1.165, 1.54) is 15.8 Å². The van der Waals surface area contributed by atoms with Crippen LogP contribution in [0.1, 0.15) is 30.4 Å². The molecular weight excluding hydrogens is 370 g/mol. The van der Waals surface area contributed by atoms with Crippen LogP contribution in [-0.2, 0) is 17.8 Å². The van der Waals surface area contributed by atoms with Crippen LogP contribution in [0, 0.1) is 6.92 Å². The fraction of sp³-hybridized carbons (Fsp3) is 0.318. The smallest absolute Gasteiger partial charge is 0.266 e. The number of thiophene rings is 1. The van der Waals surface area contributed by atoms with Gasteiger partial charge in [0.2, 0.25) is 5.91 Å². The van der Waals surface area contributed by atoms with Crippen LogP contribution in [0.25, 0.3) is 10.6 Å². The Kier molecular flexibility index (Phi) is 5.39. The number of amides is 1. The first-order chi connectivity index (χ1) is 13.6. The lowest BCUT2D eigenvalue weighted by Gasteiger charge is -2.30. The molecule has 0 atom stereocenters. The molecule has 0 saturated carbocycles. The number of benzene rings is 1. The second kappa shape index (κ2) is 8.10. The maximum Gasteiger partial charge on any atom is 0.266 e. The Labute approximate surface area is 168 Å². The zero-order chi connectivity index (χ0) is 19.5. The summed E-state index contributed by atoms with van der Waals surface area (Å²) in [5, 5.41) is 6.45. The Hall–Kier alpha value is -2.73. The first-order valence-electron chi connectivity index (χ1n) is 9.64. The van der Waals surface area contributed by atoms with Gasteiger partial charge >= 0.3 is 0 Å². The molecule has 3 aromatic rings. The second-order valence-electron chi connectivity index (χ2n) is 7.14. The summed E-state index contributed by atoms with van der Waals surface area (Å²) >= 11 is 1.59. The second-order valence-corrected chi connectivity index (χ2v) is 8.09. The minimum atomic E-state index is -0.133. The van der Waals surface area contributed by atoms with Crippen LogP contribution in [0.2, 0.25) is 0 Å². The van der Waals surface area contributed by atoms with Crippen LogP contribution in [0.4, 0.5) is 5.69 Å². The SMILES string of the molecule is Cc1ccc2c(c1)CCCN2C(=O)CCCn1nc(-c2cccs2)ccc1=O. The van der Waals surface area contributed by atoms with Gasteiger partial charge in [-0.1, -0.05) is 23.8 Å². The highest BCUT2D eigenvalue weighted by Crippen LogP contribution is 2.28. The molecule has 1 aliphatic rings. The van der Waals surface area contributed by atoms with E-state index in [1.807, 2.05) is 22.4 Å². The summed E-state index contributed by atoms with van der Waals surface area (Å²) in [4.78, 5) is 27.8. The topological polar surface area (TPSA) is 55.2 Å². The predicted octanol–water partition coefficient (Wildman–Crippen LogP) is 4.04. The average molecular weight is 394 g/mol. The van der Waals surface area contributed by atoms with E-state index in [0.29, 0.717) is 19.4 Å². The molecule has 5 nitrogen and oxygen atoms in total. The quantitative estimate of drug-likeness (QED) is 0.657. The van der Waals surface area contributed by atoms with E-state index in [0.717, 1.165) is 35.6 Å². The number of carbonyl (C=O) groups excluding carboxylic acids is 1. The summed E-state index contributed by atoms with van der Waals surface area (Å²) in [6.45, 7) is 3.29. The highest BCUT2D eigenvalue weighted by atomic mass is 32.1. The molecule has 0 radical (unpaired) electrons. The highest BCUT2D eigenvalue weighted by molar-refractivity contribution is 7.13. The Balaban J connectivity index is 1.42. The van der Waals surface area contributed by atoms with Gasteiger partial charge in [-0.15, -0.1) is 11.3 Å². The van der Waals surface area contributed by atoms with Gasteiger partial charge in [0.25, 0.3) is 5.56 Å². The van der Waals surface area contributed by atoms with Gasteiger partial charge in [-0.05, 0) is 55.3 Å². The Morgan fingerprint density at radius 1 is 1.21 bits per heavy atom. The third kappa shape index (κ3) is 3.92. The number of aryl methyl sites for hydroxylation is 3. The summed E-state index contributed by atoms with van der Waals surface area (Å²) in [5.74, 6) is 0.118. The van der Waals surface area contributed by atoms with Gasteiger partial charge in [-0.25, -0.2) is 4.68 Å². The van der Waals surface area contributed by atoms with Crippen molar-refractivity contribution in [2.24, 2.45) is 0 Å². The molecule has 0 spiro atoms. The van der Waals surface area contributed by atoms with Gasteiger partial charge in [-0.3, -0.25) is 9.59 Å². The van der Waals surface area contributed by atoms with E-state index < -0.39 is 0 Å². The molecule has 0 N–H and O–H groups in total. The Morgan fingerprint density at radius 3 is 2.93 bits per heavy atom. The van der Waals surface area contributed by atoms with Gasteiger partial charge in [0, 0.05) is 31.3 Å². The molecule has 28 heavy (non-hydrogen) atoms. The zero-order valence-corrected chi connectivity index (χ0v) is 16.7. The van der Waals surface area contributed by atoms with Crippen LogP contribution in [0.15, 0.2) is 52.6 Å². The van der Waals surface area contributed by atoms with Gasteiger partial charge in [0.1, 0.15) is 5.69 Å². The maximum absolute atomic E-state index is 12.8. The van der Waals surface area contributed by atoms with Crippen LogP contribution in [-0.4, -0.2) is 22.2 Å². The zero-order valence-electron chi connectivity index (χ0n) is 15.9. The van der Waals surface area contributed by atoms with Gasteiger partial charge in [0.05, 0.1) is 4.88 Å². The highest BCUT2D eigenvalue weighted by Gasteiger charge is 2.22. The van der Waals surface area contributed by atoms with Gasteiger partial charge in [-0.2, -0.15) is 5.10 Å². The van der Waals surface area contributed by atoms with Gasteiger partial charge in [0.15, 0.2) is 0 Å². The van der Waals surface area contributed by atoms with E-state index >= 15 is 0 Å². The van der Waals surface area contributed by atoms with Crippen LogP contribution >= 0.6 is 11.3 Å². The molecule has 0 aliphatic carbocycles. The number of rotatable bonds is 5. The molecular formula is C22H23N3O2S. The van der Waals surface area contributed by atoms with Crippen molar-refractivity contribution in [3.63, 3.8) is 0 Å². The van der Waals surface area contributed by atoms with E-state index in [4.69, 9.17) is 0 Å². The molecule has 1 amide bonds. The number of anilines is 1. The van der Waals surface area contributed by atoms with Crippen molar-refractivity contribution in [2.75, 3.05) is 11.4 Å². The normalized spacial score (nSPS) is 13.4. The van der Waals surface area contributed by atoms with E-state index in [2.05, 4.69) is 30.2 Å². The van der Waals surface area contributed by atoms with E-state index in [9.17, 15) is 9.59 Å². The third-order valence-corrected chi connectivity index (χ3v) is 5.95. The molecule has 3 heterocycles. The van der Waals surface area contributed by atoms with Gasteiger partial charge < -0.3 is 4.90 Å². The Bertz CT molecular complexity index is 1040. The van der Waals surface area contributed by atoms with E-state index in [-0.39, 0.29) is 11.5 Å². The Morgan fingerprint density at radius 2 is 2.11 bits per heavy atom. The summed E-state index contributed by atoms with van der Waals surface area (Å²) in [7, 11) is 0. The van der Waals surface area contributed by atoms with Crippen molar-refractivity contribution in [1.82, 2.24) is 9.78 Å². The monoisotopic (exact) mass is 393 g/mol. The largest absolute Gasteiger partial charge is 0.312 e. The van der Waals surface area contributed by atoms with E-state index in [1.54, 1.807) is 23.5 Å². The molecule has 0 fully saturated rings. The fourth-order valence-corrected chi connectivity index (χ4v) is 4.36. The minimum Gasteiger partial charge on any atom is -0.312 e. The molecule has 1 aromatic carbocycles. The summed E-state index contributed by atoms with van der Waals surface area (Å²) in [5.41, 5.74) is 4.18. The molecule has 0 bridgehead atoms. The molecule has 6 heteroatoms. The standard InChI is InChI=1S/C22H23N3O2S/c1-16-8-10-19-17(15-16)5-2-12-24(19)21(26)7-3-13-25-22(27)11-9-18(23-25)20-6-4-14-28-20/h4,6,8-11,14-15H,2-3,5,7,12-13H2,1H3. The lowest BCUT2D eigenvalue weighted by molar-refractivity contribution is -0.118. The maximum atomic E-state index is 12.8. The average Bonchev–Trinajstić information content (AvgIpc) is 3.23. The lowest BCUT2D eigenvalue weighted by Crippen LogP contribution is -2.35. The van der Waals surface area contributed by atoms with Crippen molar-refractivity contribution >= 4 is 22.9 Å². The van der Waals surface area contributed by atoms with Crippen molar-refractivity contribution < 1.29 is 4.79 Å². The molecule has 0 saturated heterocycles. The number of nitrogens with zero attached hydrogens (tertiary/aromatic N) is 3. The number of hydrogen-bond donors (Lipinski definition) is 0. The summed E-state index contributed by atoms with van der Waals surface area (Å²) < 4.78 is 1.47. The number of carbonyl (C=O) groups is 1. The predicted molar refractivity (Wildman–Crippen MR) is 113 cm³/mol. The first kappa shape index (κ1) is 18.6. The number of fused-ring (bicyclic) bond motifs is 1. The number of hydrogen-bond acceptors (Lipinski definition) is 4. The summed E-state index contributed by atoms with van der Waals surface area (Å²) in [6, 6.07) is 13.5. The van der Waals surface area contributed by atoms with Crippen LogP contribution in [0.3, 0.4) is 0 Å². The first-order valence-corrected chi connectivity index (χ1v) is 10.5. The number of aromatic nitrogens is 2. The van der Waals surface area contributed by atoms with Crippen molar-refractivity contribution in [1.29, 1.82) is 0 Å². The molecule has 0 unspecified atom stereocenters. The molecule has 144 valence electrons. The molecule has 2 aromatic heterocycles. The minimum absolute atomic E-state index is 0.118.